The fraction of sp³-hybridized carbons (Fsp3) is 0.438. The van der Waals surface area contributed by atoms with E-state index in [0.717, 1.165) is 43.9 Å². The van der Waals surface area contributed by atoms with Crippen LogP contribution in [0, 0.1) is 5.41 Å². The van der Waals surface area contributed by atoms with Crippen LogP contribution < -0.4 is 4.18 Å². The normalized spacial score (nSPS) is 17.2. The Morgan fingerprint density at radius 1 is 1.32 bits per heavy atom. The largest absolute Gasteiger partial charge is 0.534 e. The lowest BCUT2D eigenvalue weighted by molar-refractivity contribution is -0.0500. The number of rotatable bonds is 6. The van der Waals surface area contributed by atoms with Crippen LogP contribution in [0.1, 0.15) is 41.6 Å². The summed E-state index contributed by atoms with van der Waals surface area (Å²) in [6.45, 7) is 3.76. The third-order valence-electron chi connectivity index (χ3n) is 4.37. The molecule has 2 rings (SSSR count). The molecular formula is C16H17F3O5S. The summed E-state index contributed by atoms with van der Waals surface area (Å²) in [5.41, 5.74) is -6.06. The van der Waals surface area contributed by atoms with E-state index in [1.165, 1.54) is 0 Å². The quantitative estimate of drug-likeness (QED) is 0.461. The molecular weight excluding hydrogens is 361 g/mol. The molecule has 138 valence electrons. The third-order valence-corrected chi connectivity index (χ3v) is 5.33. The van der Waals surface area contributed by atoms with E-state index in [1.54, 1.807) is 6.08 Å². The minimum Gasteiger partial charge on any atom is -0.478 e. The monoisotopic (exact) mass is 378 g/mol. The van der Waals surface area contributed by atoms with E-state index in [0.29, 0.717) is 0 Å². The number of benzene rings is 1. The first-order valence-electron chi connectivity index (χ1n) is 7.50. The SMILES string of the molecule is C=CC1(Cc2cc(C(=O)O)ccc2OS(=O)(=O)C(F)(F)F)CCCC1. The Labute approximate surface area is 143 Å². The Bertz CT molecular complexity index is 777. The molecule has 25 heavy (non-hydrogen) atoms. The Morgan fingerprint density at radius 2 is 1.92 bits per heavy atom. The molecule has 0 amide bonds. The molecule has 0 heterocycles. The van der Waals surface area contributed by atoms with Gasteiger partial charge in [-0.3, -0.25) is 0 Å². The van der Waals surface area contributed by atoms with Crippen molar-refractivity contribution in [2.24, 2.45) is 5.41 Å². The average Bonchev–Trinajstić information content (AvgIpc) is 2.96. The third kappa shape index (κ3) is 4.15. The Hall–Kier alpha value is -2.03. The van der Waals surface area contributed by atoms with E-state index in [2.05, 4.69) is 10.8 Å². The van der Waals surface area contributed by atoms with Gasteiger partial charge in [0.25, 0.3) is 0 Å². The maximum Gasteiger partial charge on any atom is 0.534 e. The summed E-state index contributed by atoms with van der Waals surface area (Å²) in [6, 6.07) is 3.09. The second-order valence-electron chi connectivity index (χ2n) is 6.06. The molecule has 1 aliphatic rings. The maximum atomic E-state index is 12.6. The molecule has 0 saturated heterocycles. The second kappa shape index (κ2) is 6.70. The van der Waals surface area contributed by atoms with Gasteiger partial charge in [0.15, 0.2) is 0 Å². The summed E-state index contributed by atoms with van der Waals surface area (Å²) in [6.07, 6.45) is 5.12. The lowest BCUT2D eigenvalue weighted by Gasteiger charge is -2.26. The van der Waals surface area contributed by atoms with Gasteiger partial charge < -0.3 is 9.29 Å². The Balaban J connectivity index is 2.46. The molecule has 1 saturated carbocycles. The first-order chi connectivity index (χ1) is 11.5. The van der Waals surface area contributed by atoms with E-state index >= 15 is 0 Å². The van der Waals surface area contributed by atoms with Crippen LogP contribution in [-0.2, 0) is 16.5 Å². The van der Waals surface area contributed by atoms with Gasteiger partial charge >= 0.3 is 21.6 Å². The molecule has 1 aromatic carbocycles. The van der Waals surface area contributed by atoms with E-state index in [-0.39, 0.29) is 17.5 Å². The highest BCUT2D eigenvalue weighted by molar-refractivity contribution is 7.88. The van der Waals surface area contributed by atoms with E-state index in [1.807, 2.05) is 0 Å². The minimum absolute atomic E-state index is 0.0922. The summed E-state index contributed by atoms with van der Waals surface area (Å²) in [5.74, 6) is -1.79. The van der Waals surface area contributed by atoms with Crippen LogP contribution >= 0.6 is 0 Å². The van der Waals surface area contributed by atoms with Gasteiger partial charge in [-0.15, -0.1) is 6.58 Å². The summed E-state index contributed by atoms with van der Waals surface area (Å²) >= 11 is 0. The molecule has 0 bridgehead atoms. The number of halogens is 3. The molecule has 0 unspecified atom stereocenters. The van der Waals surface area contributed by atoms with Crippen molar-refractivity contribution in [1.29, 1.82) is 0 Å². The van der Waals surface area contributed by atoms with Gasteiger partial charge in [0.2, 0.25) is 0 Å². The highest BCUT2D eigenvalue weighted by Gasteiger charge is 2.49. The number of allylic oxidation sites excluding steroid dienone is 1. The number of hydrogen-bond donors (Lipinski definition) is 1. The predicted molar refractivity (Wildman–Crippen MR) is 83.8 cm³/mol. The van der Waals surface area contributed by atoms with Crippen molar-refractivity contribution in [1.82, 2.24) is 0 Å². The zero-order valence-electron chi connectivity index (χ0n) is 13.2. The molecule has 1 N–H and O–H groups in total. The zero-order valence-corrected chi connectivity index (χ0v) is 14.0. The minimum atomic E-state index is -5.84. The van der Waals surface area contributed by atoms with Crippen molar-refractivity contribution >= 4 is 16.1 Å². The molecule has 1 fully saturated rings. The zero-order chi connectivity index (χ0) is 18.9. The standard InChI is InChI=1S/C16H17F3O5S/c1-2-15(7-3-4-8-15)10-12-9-11(14(20)21)5-6-13(12)24-25(22,23)16(17,18)19/h2,5-6,9H,1,3-4,7-8,10H2,(H,20,21). The van der Waals surface area contributed by atoms with Crippen LogP contribution in [0.5, 0.6) is 5.75 Å². The van der Waals surface area contributed by atoms with Crippen LogP contribution in [0.4, 0.5) is 13.2 Å². The highest BCUT2D eigenvalue weighted by atomic mass is 32.2. The fourth-order valence-corrected chi connectivity index (χ4v) is 3.50. The molecule has 1 aromatic rings. The first kappa shape index (κ1) is 19.3. The predicted octanol–water partition coefficient (Wildman–Crippen LogP) is 3.90. The topological polar surface area (TPSA) is 80.7 Å². The van der Waals surface area contributed by atoms with E-state index in [4.69, 9.17) is 5.11 Å². The fourth-order valence-electron chi connectivity index (χ4n) is 3.01. The molecule has 0 radical (unpaired) electrons. The smallest absolute Gasteiger partial charge is 0.478 e. The van der Waals surface area contributed by atoms with Crippen molar-refractivity contribution in [3.8, 4) is 5.75 Å². The number of carbonyl (C=O) groups is 1. The number of hydrogen-bond acceptors (Lipinski definition) is 4. The van der Waals surface area contributed by atoms with Crippen molar-refractivity contribution in [3.63, 3.8) is 0 Å². The van der Waals surface area contributed by atoms with Crippen LogP contribution in [-0.4, -0.2) is 25.0 Å². The van der Waals surface area contributed by atoms with E-state index < -0.39 is 32.8 Å². The molecule has 0 aromatic heterocycles. The molecule has 5 nitrogen and oxygen atoms in total. The Kier molecular flexibility index (Phi) is 5.17. The van der Waals surface area contributed by atoms with Gasteiger partial charge in [-0.2, -0.15) is 21.6 Å². The van der Waals surface area contributed by atoms with Crippen LogP contribution in [0.2, 0.25) is 0 Å². The van der Waals surface area contributed by atoms with Crippen molar-refractivity contribution in [2.75, 3.05) is 0 Å². The highest BCUT2D eigenvalue weighted by Crippen LogP contribution is 2.44. The van der Waals surface area contributed by atoms with Crippen molar-refractivity contribution < 1.29 is 35.7 Å². The molecule has 1 aliphatic carbocycles. The maximum absolute atomic E-state index is 12.6. The van der Waals surface area contributed by atoms with Gasteiger partial charge in [0.05, 0.1) is 5.56 Å². The second-order valence-corrected chi connectivity index (χ2v) is 7.60. The molecule has 9 heteroatoms. The van der Waals surface area contributed by atoms with Crippen molar-refractivity contribution in [2.45, 2.75) is 37.6 Å². The summed E-state index contributed by atoms with van der Waals surface area (Å²) in [5, 5.41) is 9.09. The van der Waals surface area contributed by atoms with Crippen LogP contribution in [0.25, 0.3) is 0 Å². The van der Waals surface area contributed by atoms with Gasteiger partial charge in [-0.25, -0.2) is 4.79 Å². The molecule has 0 atom stereocenters. The number of carboxylic acids is 1. The number of aromatic carboxylic acids is 1. The van der Waals surface area contributed by atoms with Crippen LogP contribution in [0.3, 0.4) is 0 Å². The first-order valence-corrected chi connectivity index (χ1v) is 8.91. The summed E-state index contributed by atoms with van der Waals surface area (Å²) in [7, 11) is -5.84. The van der Waals surface area contributed by atoms with Gasteiger partial charge in [-0.1, -0.05) is 18.9 Å². The van der Waals surface area contributed by atoms with Gasteiger partial charge in [0, 0.05) is 0 Å². The number of carboxylic acid groups (broad SMARTS) is 1. The Morgan fingerprint density at radius 3 is 2.40 bits per heavy atom. The average molecular weight is 378 g/mol. The number of alkyl halides is 3. The van der Waals surface area contributed by atoms with Crippen LogP contribution in [0.15, 0.2) is 30.9 Å². The molecule has 0 spiro atoms. The molecule has 0 aliphatic heterocycles. The lowest BCUT2D eigenvalue weighted by atomic mass is 9.80. The van der Waals surface area contributed by atoms with Gasteiger partial charge in [-0.05, 0) is 48.4 Å². The van der Waals surface area contributed by atoms with E-state index in [9.17, 15) is 26.4 Å². The van der Waals surface area contributed by atoms with Crippen molar-refractivity contribution in [3.05, 3.63) is 42.0 Å². The lowest BCUT2D eigenvalue weighted by Crippen LogP contribution is -2.28. The summed E-state index contributed by atoms with van der Waals surface area (Å²) < 4.78 is 64.6. The van der Waals surface area contributed by atoms with Gasteiger partial charge in [0.1, 0.15) is 5.75 Å². The summed E-state index contributed by atoms with van der Waals surface area (Å²) in [4.78, 5) is 11.1.